The Hall–Kier alpha value is -1.99. The Morgan fingerprint density at radius 1 is 1.39 bits per heavy atom. The summed E-state index contributed by atoms with van der Waals surface area (Å²) in [4.78, 5) is 16.8. The average molecular weight is 379 g/mol. The number of hydrogen-bond donors (Lipinski definition) is 2. The highest BCUT2D eigenvalue weighted by Crippen LogP contribution is 2.25. The topological polar surface area (TPSA) is 74.3 Å². The lowest BCUT2D eigenvalue weighted by Gasteiger charge is -1.96. The molecule has 0 aromatic carbocycles. The third kappa shape index (κ3) is 2.94. The van der Waals surface area contributed by atoms with E-state index in [1.54, 1.807) is 6.20 Å². The van der Waals surface area contributed by atoms with Crippen molar-refractivity contribution in [1.29, 1.82) is 0 Å². The van der Waals surface area contributed by atoms with Crippen molar-refractivity contribution in [1.82, 2.24) is 9.78 Å². The van der Waals surface area contributed by atoms with E-state index in [1.807, 2.05) is 22.9 Å². The van der Waals surface area contributed by atoms with Gasteiger partial charge >= 0.3 is 11.4 Å². The third-order valence-corrected chi connectivity index (χ3v) is 3.92. The van der Waals surface area contributed by atoms with Crippen LogP contribution >= 0.6 is 0 Å². The van der Waals surface area contributed by atoms with E-state index in [9.17, 15) is 4.79 Å². The van der Waals surface area contributed by atoms with Gasteiger partial charge in [0.2, 0.25) is 0 Å². The molecule has 0 radical (unpaired) electrons. The smallest absolute Gasteiger partial charge is 0.332 e. The molecular formula is C16H19BrN4O2. The molecule has 0 atom stereocenters. The van der Waals surface area contributed by atoms with Crippen LogP contribution in [0.25, 0.3) is 5.57 Å². The van der Waals surface area contributed by atoms with Crippen molar-refractivity contribution < 1.29 is 26.7 Å². The van der Waals surface area contributed by atoms with Gasteiger partial charge in [-0.05, 0) is 30.5 Å². The summed E-state index contributed by atoms with van der Waals surface area (Å²) in [7, 11) is 0. The van der Waals surface area contributed by atoms with Gasteiger partial charge in [0.25, 0.3) is 5.69 Å². The molecule has 1 aliphatic rings. The molecule has 0 aliphatic carbocycles. The van der Waals surface area contributed by atoms with E-state index in [1.165, 1.54) is 10.3 Å². The van der Waals surface area contributed by atoms with Gasteiger partial charge in [0.05, 0.1) is 31.1 Å². The van der Waals surface area contributed by atoms with Crippen LogP contribution in [0, 0.1) is 0 Å². The lowest BCUT2D eigenvalue weighted by atomic mass is 10.1. The van der Waals surface area contributed by atoms with Crippen molar-refractivity contribution in [2.75, 3.05) is 6.61 Å². The molecule has 1 aliphatic heterocycles. The van der Waals surface area contributed by atoms with Crippen molar-refractivity contribution >= 4 is 17.1 Å². The SMILES string of the molecule is CCC1=C(C)c2cccc[n+]2C1=Nc1c[nH]n(CCO)c1=O.[Br-]. The summed E-state index contributed by atoms with van der Waals surface area (Å²) in [6, 6.07) is 6.00. The molecule has 0 fully saturated rings. The van der Waals surface area contributed by atoms with E-state index in [0.29, 0.717) is 5.69 Å². The monoisotopic (exact) mass is 378 g/mol. The molecule has 0 saturated heterocycles. The molecule has 2 aromatic heterocycles. The van der Waals surface area contributed by atoms with Crippen molar-refractivity contribution in [3.8, 4) is 0 Å². The predicted octanol–water partition coefficient (Wildman–Crippen LogP) is -1.76. The van der Waals surface area contributed by atoms with Crippen molar-refractivity contribution in [2.24, 2.45) is 4.99 Å². The van der Waals surface area contributed by atoms with Crippen LogP contribution in [0.3, 0.4) is 0 Å². The Labute approximate surface area is 144 Å². The number of aliphatic hydroxyl groups is 1. The maximum atomic E-state index is 12.2. The lowest BCUT2D eigenvalue weighted by Crippen LogP contribution is -3.00. The minimum atomic E-state index is -0.223. The minimum Gasteiger partial charge on any atom is -1.00 e. The molecule has 122 valence electrons. The van der Waals surface area contributed by atoms with Gasteiger partial charge in [-0.25, -0.2) is 4.68 Å². The van der Waals surface area contributed by atoms with Crippen LogP contribution in [0.15, 0.2) is 46.0 Å². The third-order valence-electron chi connectivity index (χ3n) is 3.92. The molecule has 3 rings (SSSR count). The number of hydrogen-bond acceptors (Lipinski definition) is 3. The first-order chi connectivity index (χ1) is 10.7. The molecule has 6 nitrogen and oxygen atoms in total. The van der Waals surface area contributed by atoms with Gasteiger partial charge in [0.15, 0.2) is 0 Å². The zero-order valence-corrected chi connectivity index (χ0v) is 14.7. The van der Waals surface area contributed by atoms with E-state index in [-0.39, 0.29) is 35.7 Å². The first-order valence-electron chi connectivity index (χ1n) is 7.36. The lowest BCUT2D eigenvalue weighted by molar-refractivity contribution is -0.554. The Bertz CT molecular complexity index is 833. The zero-order chi connectivity index (χ0) is 15.7. The first kappa shape index (κ1) is 17.4. The van der Waals surface area contributed by atoms with Crippen molar-refractivity contribution in [2.45, 2.75) is 26.8 Å². The quantitative estimate of drug-likeness (QED) is 0.618. The molecule has 3 heterocycles. The highest BCUT2D eigenvalue weighted by molar-refractivity contribution is 6.03. The Morgan fingerprint density at radius 2 is 2.17 bits per heavy atom. The fraction of sp³-hybridized carbons (Fsp3) is 0.312. The number of aromatic nitrogens is 3. The number of rotatable bonds is 4. The second-order valence-electron chi connectivity index (χ2n) is 5.19. The summed E-state index contributed by atoms with van der Waals surface area (Å²) in [5.74, 6) is 0.794. The van der Waals surface area contributed by atoms with Crippen LogP contribution in [0.4, 0.5) is 5.69 Å². The standard InChI is InChI=1S/C16H18N4O2.BrH/c1-3-12-11(2)14-6-4-5-7-19(14)15(12)18-13-10-17-20(8-9-21)16(13)22;/h4-7,10,21H,3,8-9H2,1-2H3;1H. The van der Waals surface area contributed by atoms with Gasteiger partial charge in [-0.15, -0.1) is 0 Å². The minimum absolute atomic E-state index is 0. The number of aromatic amines is 1. The Kier molecular flexibility index (Phi) is 5.33. The molecule has 7 heteroatoms. The normalized spacial score (nSPS) is 15.0. The summed E-state index contributed by atoms with van der Waals surface area (Å²) in [6.45, 7) is 4.31. The second-order valence-corrected chi connectivity index (χ2v) is 5.19. The highest BCUT2D eigenvalue weighted by atomic mass is 79.9. The average Bonchev–Trinajstić information content (AvgIpc) is 3.01. The zero-order valence-electron chi connectivity index (χ0n) is 13.1. The fourth-order valence-corrected chi connectivity index (χ4v) is 2.80. The van der Waals surface area contributed by atoms with E-state index in [0.717, 1.165) is 23.5 Å². The van der Waals surface area contributed by atoms with Gasteiger partial charge in [0, 0.05) is 5.57 Å². The van der Waals surface area contributed by atoms with Gasteiger partial charge in [-0.3, -0.25) is 9.89 Å². The van der Waals surface area contributed by atoms with Crippen LogP contribution < -0.4 is 27.1 Å². The molecule has 0 unspecified atom stereocenters. The maximum Gasteiger partial charge on any atom is 0.332 e. The summed E-state index contributed by atoms with van der Waals surface area (Å²) in [6.07, 6.45) is 4.38. The second kappa shape index (κ2) is 7.06. The van der Waals surface area contributed by atoms with E-state index in [2.05, 4.69) is 30.0 Å². The number of H-pyrrole nitrogens is 1. The number of allylic oxidation sites excluding steroid dienone is 2. The number of aliphatic hydroxyl groups excluding tert-OH is 1. The molecule has 0 spiro atoms. The Balaban J connectivity index is 0.00000192. The van der Waals surface area contributed by atoms with Crippen LogP contribution in [0.1, 0.15) is 26.0 Å². The van der Waals surface area contributed by atoms with Crippen LogP contribution in [0.2, 0.25) is 0 Å². The number of fused-ring (bicyclic) bond motifs is 1. The first-order valence-corrected chi connectivity index (χ1v) is 7.36. The van der Waals surface area contributed by atoms with E-state index >= 15 is 0 Å². The molecular weight excluding hydrogens is 360 g/mol. The molecule has 2 N–H and O–H groups in total. The largest absolute Gasteiger partial charge is 1.00 e. The molecule has 0 amide bonds. The molecule has 0 saturated carbocycles. The number of nitrogens with one attached hydrogen (secondary N) is 1. The van der Waals surface area contributed by atoms with E-state index in [4.69, 9.17) is 5.11 Å². The van der Waals surface area contributed by atoms with Gasteiger partial charge in [-0.1, -0.05) is 13.0 Å². The van der Waals surface area contributed by atoms with Gasteiger partial charge in [-0.2, -0.15) is 4.57 Å². The summed E-state index contributed by atoms with van der Waals surface area (Å²) >= 11 is 0. The predicted molar refractivity (Wildman–Crippen MR) is 84.2 cm³/mol. The van der Waals surface area contributed by atoms with Gasteiger partial charge in [0.1, 0.15) is 5.69 Å². The van der Waals surface area contributed by atoms with Crippen LogP contribution in [0.5, 0.6) is 0 Å². The molecule has 2 aromatic rings. The fourth-order valence-electron chi connectivity index (χ4n) is 2.80. The highest BCUT2D eigenvalue weighted by Gasteiger charge is 2.31. The van der Waals surface area contributed by atoms with Crippen LogP contribution in [-0.2, 0) is 6.54 Å². The van der Waals surface area contributed by atoms with Gasteiger partial charge < -0.3 is 22.1 Å². The maximum absolute atomic E-state index is 12.2. The molecule has 23 heavy (non-hydrogen) atoms. The summed E-state index contributed by atoms with van der Waals surface area (Å²) in [5.41, 5.74) is 3.56. The number of nitrogens with zero attached hydrogens (tertiary/aromatic N) is 3. The summed E-state index contributed by atoms with van der Waals surface area (Å²) in [5, 5.41) is 11.8. The van der Waals surface area contributed by atoms with Crippen molar-refractivity contribution in [3.63, 3.8) is 0 Å². The Morgan fingerprint density at radius 3 is 2.87 bits per heavy atom. The number of aliphatic imine (C=N–C) groups is 1. The molecule has 0 bridgehead atoms. The number of pyridine rings is 1. The van der Waals surface area contributed by atoms with Crippen molar-refractivity contribution in [3.05, 3.63) is 52.2 Å². The summed E-state index contributed by atoms with van der Waals surface area (Å²) < 4.78 is 3.37. The number of halogens is 1. The van der Waals surface area contributed by atoms with E-state index < -0.39 is 0 Å². The van der Waals surface area contributed by atoms with Crippen LogP contribution in [-0.4, -0.2) is 27.3 Å².